The molecule has 0 aliphatic carbocycles. The first kappa shape index (κ1) is 13.8. The van der Waals surface area contributed by atoms with E-state index in [1.807, 2.05) is 0 Å². The van der Waals surface area contributed by atoms with Crippen molar-refractivity contribution >= 4 is 0 Å². The molecule has 0 amide bonds. The lowest BCUT2D eigenvalue weighted by Crippen LogP contribution is -2.35. The summed E-state index contributed by atoms with van der Waals surface area (Å²) in [6, 6.07) is 4.30. The molecule has 17 heavy (non-hydrogen) atoms. The van der Waals surface area contributed by atoms with Gasteiger partial charge in [-0.3, -0.25) is 0 Å². The van der Waals surface area contributed by atoms with Crippen LogP contribution in [0.5, 0.6) is 5.75 Å². The molecule has 0 saturated heterocycles. The number of benzene rings is 1. The topological polar surface area (TPSA) is 35.2 Å². The maximum atomic E-state index is 13.4. The monoisotopic (exact) mass is 251 g/mol. The van der Waals surface area contributed by atoms with E-state index in [0.717, 1.165) is 0 Å². The smallest absolute Gasteiger partial charge is 0.396 e. The van der Waals surface area contributed by atoms with Crippen LogP contribution >= 0.6 is 0 Å². The molecule has 1 rings (SSSR count). The molecule has 1 atom stereocenters. The van der Waals surface area contributed by atoms with Crippen LogP contribution in [0.15, 0.2) is 18.2 Å². The summed E-state index contributed by atoms with van der Waals surface area (Å²) in [6.45, 7) is 0.240. The Balaban J connectivity index is 2.70. The summed E-state index contributed by atoms with van der Waals surface area (Å²) in [5, 5.41) is 0. The van der Waals surface area contributed by atoms with Gasteiger partial charge in [0.25, 0.3) is 0 Å². The average Bonchev–Trinajstić information content (AvgIpc) is 2.23. The van der Waals surface area contributed by atoms with Crippen molar-refractivity contribution in [3.63, 3.8) is 0 Å². The Morgan fingerprint density at radius 2 is 2.00 bits per heavy atom. The van der Waals surface area contributed by atoms with Crippen LogP contribution in [0.2, 0.25) is 0 Å². The van der Waals surface area contributed by atoms with E-state index in [-0.39, 0.29) is 5.75 Å². The van der Waals surface area contributed by atoms with Crippen molar-refractivity contribution < 1.29 is 22.3 Å². The summed E-state index contributed by atoms with van der Waals surface area (Å²) in [6.07, 6.45) is -4.44. The Labute approximate surface area is 96.4 Å². The maximum Gasteiger partial charge on any atom is 0.396 e. The molecule has 2 N–H and O–H groups in total. The molecule has 0 fully saturated rings. The van der Waals surface area contributed by atoms with Crippen LogP contribution < -0.4 is 10.5 Å². The van der Waals surface area contributed by atoms with E-state index < -0.39 is 31.1 Å². The minimum absolute atomic E-state index is 0.187. The fraction of sp³-hybridized carbons (Fsp3) is 0.455. The van der Waals surface area contributed by atoms with Gasteiger partial charge in [0.2, 0.25) is 0 Å². The third-order valence-corrected chi connectivity index (χ3v) is 2.34. The van der Waals surface area contributed by atoms with Gasteiger partial charge in [0.1, 0.15) is 12.5 Å². The SMILES string of the molecule is Cc1cccc(OCC(CN)C(F)(F)F)c1F. The van der Waals surface area contributed by atoms with Gasteiger partial charge in [-0.05, 0) is 18.6 Å². The molecule has 1 unspecified atom stereocenters. The van der Waals surface area contributed by atoms with E-state index >= 15 is 0 Å². The summed E-state index contributed by atoms with van der Waals surface area (Å²) in [5.74, 6) is -2.62. The van der Waals surface area contributed by atoms with E-state index in [4.69, 9.17) is 10.5 Å². The Morgan fingerprint density at radius 1 is 1.35 bits per heavy atom. The summed E-state index contributed by atoms with van der Waals surface area (Å²) in [7, 11) is 0. The molecular formula is C11H13F4NO. The minimum Gasteiger partial charge on any atom is -0.490 e. The highest BCUT2D eigenvalue weighted by Crippen LogP contribution is 2.27. The van der Waals surface area contributed by atoms with Gasteiger partial charge >= 0.3 is 6.18 Å². The first-order valence-corrected chi connectivity index (χ1v) is 5.01. The molecule has 0 radical (unpaired) electrons. The molecule has 0 heterocycles. The molecule has 96 valence electrons. The lowest BCUT2D eigenvalue weighted by Gasteiger charge is -2.19. The Bertz CT molecular complexity index is 378. The third-order valence-electron chi connectivity index (χ3n) is 2.34. The van der Waals surface area contributed by atoms with E-state index in [9.17, 15) is 17.6 Å². The van der Waals surface area contributed by atoms with Crippen molar-refractivity contribution in [3.05, 3.63) is 29.6 Å². The summed E-state index contributed by atoms with van der Waals surface area (Å²) < 4.78 is 55.3. The zero-order valence-electron chi connectivity index (χ0n) is 9.22. The second-order valence-corrected chi connectivity index (χ2v) is 3.67. The molecule has 0 aromatic heterocycles. The van der Waals surface area contributed by atoms with Crippen molar-refractivity contribution in [2.45, 2.75) is 13.1 Å². The highest BCUT2D eigenvalue weighted by atomic mass is 19.4. The predicted octanol–water partition coefficient (Wildman–Crippen LogP) is 2.65. The van der Waals surface area contributed by atoms with Crippen LogP contribution in [-0.2, 0) is 0 Å². The fourth-order valence-corrected chi connectivity index (χ4v) is 1.22. The molecular weight excluding hydrogens is 238 g/mol. The van der Waals surface area contributed by atoms with Crippen LogP contribution in [0, 0.1) is 18.7 Å². The van der Waals surface area contributed by atoms with Crippen LogP contribution in [-0.4, -0.2) is 19.3 Å². The number of aryl methyl sites for hydroxylation is 1. The normalized spacial score (nSPS) is 13.5. The van der Waals surface area contributed by atoms with Crippen LogP contribution in [0.4, 0.5) is 17.6 Å². The van der Waals surface area contributed by atoms with Crippen molar-refractivity contribution in [1.29, 1.82) is 0 Å². The highest BCUT2D eigenvalue weighted by Gasteiger charge is 2.39. The molecule has 1 aromatic rings. The van der Waals surface area contributed by atoms with Gasteiger partial charge in [0.05, 0.1) is 0 Å². The average molecular weight is 251 g/mol. The number of nitrogens with two attached hydrogens (primary N) is 1. The number of hydrogen-bond acceptors (Lipinski definition) is 2. The summed E-state index contributed by atoms with van der Waals surface area (Å²) >= 11 is 0. The molecule has 0 aliphatic heterocycles. The van der Waals surface area contributed by atoms with E-state index in [2.05, 4.69) is 0 Å². The molecule has 0 aliphatic rings. The Kier molecular flexibility index (Phi) is 4.34. The van der Waals surface area contributed by atoms with Crippen LogP contribution in [0.1, 0.15) is 5.56 Å². The van der Waals surface area contributed by atoms with Gasteiger partial charge in [0, 0.05) is 6.54 Å². The second kappa shape index (κ2) is 5.35. The fourth-order valence-electron chi connectivity index (χ4n) is 1.22. The van der Waals surface area contributed by atoms with E-state index in [1.165, 1.54) is 25.1 Å². The van der Waals surface area contributed by atoms with E-state index in [0.29, 0.717) is 5.56 Å². The van der Waals surface area contributed by atoms with Crippen molar-refractivity contribution in [2.75, 3.05) is 13.2 Å². The number of rotatable bonds is 4. The van der Waals surface area contributed by atoms with Crippen LogP contribution in [0.25, 0.3) is 0 Å². The quantitative estimate of drug-likeness (QED) is 0.835. The third kappa shape index (κ3) is 3.59. The van der Waals surface area contributed by atoms with Gasteiger partial charge in [-0.25, -0.2) is 4.39 Å². The number of halogens is 4. The van der Waals surface area contributed by atoms with Crippen LogP contribution in [0.3, 0.4) is 0 Å². The van der Waals surface area contributed by atoms with E-state index in [1.54, 1.807) is 0 Å². The van der Waals surface area contributed by atoms with Gasteiger partial charge in [-0.15, -0.1) is 0 Å². The largest absolute Gasteiger partial charge is 0.490 e. The zero-order chi connectivity index (χ0) is 13.1. The first-order chi connectivity index (χ1) is 7.86. The Hall–Kier alpha value is -1.30. The van der Waals surface area contributed by atoms with Gasteiger partial charge < -0.3 is 10.5 Å². The number of hydrogen-bond donors (Lipinski definition) is 1. The van der Waals surface area contributed by atoms with Crippen molar-refractivity contribution in [2.24, 2.45) is 11.7 Å². The molecule has 0 saturated carbocycles. The standard InChI is InChI=1S/C11H13F4NO/c1-7-3-2-4-9(10(7)12)17-6-8(5-16)11(13,14)15/h2-4,8H,5-6,16H2,1H3. The summed E-state index contributed by atoms with van der Waals surface area (Å²) in [5.41, 5.74) is 5.32. The number of ether oxygens (including phenoxy) is 1. The van der Waals surface area contributed by atoms with Crippen molar-refractivity contribution in [3.8, 4) is 5.75 Å². The second-order valence-electron chi connectivity index (χ2n) is 3.67. The lowest BCUT2D eigenvalue weighted by molar-refractivity contribution is -0.178. The van der Waals surface area contributed by atoms with Gasteiger partial charge in [0.15, 0.2) is 11.6 Å². The molecule has 6 heteroatoms. The minimum atomic E-state index is -4.44. The van der Waals surface area contributed by atoms with Crippen molar-refractivity contribution in [1.82, 2.24) is 0 Å². The Morgan fingerprint density at radius 3 is 2.53 bits per heavy atom. The molecule has 1 aromatic carbocycles. The number of alkyl halides is 3. The van der Waals surface area contributed by atoms with Gasteiger partial charge in [-0.1, -0.05) is 12.1 Å². The zero-order valence-corrected chi connectivity index (χ0v) is 9.22. The molecule has 2 nitrogen and oxygen atoms in total. The first-order valence-electron chi connectivity index (χ1n) is 5.01. The molecule has 0 spiro atoms. The summed E-state index contributed by atoms with van der Waals surface area (Å²) in [4.78, 5) is 0. The predicted molar refractivity (Wildman–Crippen MR) is 55.2 cm³/mol. The molecule has 0 bridgehead atoms. The lowest BCUT2D eigenvalue weighted by atomic mass is 10.1. The van der Waals surface area contributed by atoms with Gasteiger partial charge in [-0.2, -0.15) is 13.2 Å². The maximum absolute atomic E-state index is 13.4. The highest BCUT2D eigenvalue weighted by molar-refractivity contribution is 5.30.